The van der Waals surface area contributed by atoms with Gasteiger partial charge in [-0.2, -0.15) is 0 Å². The van der Waals surface area contributed by atoms with E-state index >= 15 is 0 Å². The van der Waals surface area contributed by atoms with Crippen LogP contribution in [0.25, 0.3) is 0 Å². The first-order chi connectivity index (χ1) is 14.5. The fraction of sp³-hybridized carbons (Fsp3) is 0.591. The van der Waals surface area contributed by atoms with Crippen molar-refractivity contribution in [2.75, 3.05) is 32.7 Å². The van der Waals surface area contributed by atoms with Crippen molar-refractivity contribution in [3.63, 3.8) is 0 Å². The number of likely N-dealkylation sites (tertiary alicyclic amines) is 1. The number of rotatable bonds is 3. The van der Waals surface area contributed by atoms with Gasteiger partial charge in [0.05, 0.1) is 6.54 Å². The van der Waals surface area contributed by atoms with E-state index in [0.29, 0.717) is 31.5 Å². The predicted molar refractivity (Wildman–Crippen MR) is 111 cm³/mol. The molecular formula is C22H30FN3O5. The highest BCUT2D eigenvalue weighted by atomic mass is 19.1. The normalized spacial score (nSPS) is 21.1. The highest BCUT2D eigenvalue weighted by Gasteiger charge is 2.39. The first-order valence-corrected chi connectivity index (χ1v) is 10.6. The zero-order valence-electron chi connectivity index (χ0n) is 18.2. The second-order valence-electron chi connectivity index (χ2n) is 9.06. The number of nitrogens with zero attached hydrogens (tertiary/aromatic N) is 3. The van der Waals surface area contributed by atoms with Gasteiger partial charge in [-0.15, -0.1) is 0 Å². The van der Waals surface area contributed by atoms with Crippen molar-refractivity contribution in [2.45, 2.75) is 45.4 Å². The molecule has 0 radical (unpaired) electrons. The zero-order chi connectivity index (χ0) is 22.8. The third kappa shape index (κ3) is 5.72. The van der Waals surface area contributed by atoms with Crippen molar-refractivity contribution in [2.24, 2.45) is 5.92 Å². The Bertz CT molecular complexity index is 815. The Labute approximate surface area is 181 Å². The van der Waals surface area contributed by atoms with Crippen LogP contribution >= 0.6 is 0 Å². The molecule has 1 unspecified atom stereocenters. The summed E-state index contributed by atoms with van der Waals surface area (Å²) in [5.74, 6) is -0.591. The molecule has 2 fully saturated rings. The Balaban J connectivity index is 1.64. The van der Waals surface area contributed by atoms with Gasteiger partial charge in [0.15, 0.2) is 5.78 Å². The Morgan fingerprint density at radius 3 is 2.19 bits per heavy atom. The predicted octanol–water partition coefficient (Wildman–Crippen LogP) is 3.28. The van der Waals surface area contributed by atoms with E-state index in [1.807, 2.05) is 4.90 Å². The molecule has 1 N–H and O–H groups in total. The van der Waals surface area contributed by atoms with Crippen molar-refractivity contribution in [3.8, 4) is 0 Å². The highest BCUT2D eigenvalue weighted by Crippen LogP contribution is 2.26. The number of halogens is 1. The first kappa shape index (κ1) is 23.0. The molecule has 2 aliphatic rings. The van der Waals surface area contributed by atoms with Gasteiger partial charge in [0.25, 0.3) is 0 Å². The molecular weight excluding hydrogens is 405 g/mol. The van der Waals surface area contributed by atoms with Crippen LogP contribution in [0.15, 0.2) is 24.3 Å². The van der Waals surface area contributed by atoms with Crippen molar-refractivity contribution < 1.29 is 28.6 Å². The summed E-state index contributed by atoms with van der Waals surface area (Å²) >= 11 is 0. The second-order valence-corrected chi connectivity index (χ2v) is 9.06. The maximum Gasteiger partial charge on any atom is 0.410 e. The summed E-state index contributed by atoms with van der Waals surface area (Å²) in [5, 5.41) is 9.64. The molecule has 2 heterocycles. The zero-order valence-corrected chi connectivity index (χ0v) is 18.2. The lowest BCUT2D eigenvalue weighted by Gasteiger charge is -2.46. The van der Waals surface area contributed by atoms with Crippen LogP contribution in [0.1, 0.15) is 44.0 Å². The van der Waals surface area contributed by atoms with Gasteiger partial charge in [-0.05, 0) is 57.9 Å². The molecule has 1 aromatic carbocycles. The third-order valence-corrected chi connectivity index (χ3v) is 5.70. The van der Waals surface area contributed by atoms with Gasteiger partial charge >= 0.3 is 12.2 Å². The summed E-state index contributed by atoms with van der Waals surface area (Å²) in [6, 6.07) is 5.55. The molecule has 2 saturated heterocycles. The molecule has 2 amide bonds. The van der Waals surface area contributed by atoms with E-state index in [4.69, 9.17) is 4.74 Å². The van der Waals surface area contributed by atoms with Crippen LogP contribution < -0.4 is 0 Å². The molecule has 170 valence electrons. The Morgan fingerprint density at radius 1 is 1.03 bits per heavy atom. The fourth-order valence-electron chi connectivity index (χ4n) is 4.10. The number of carboxylic acid groups (broad SMARTS) is 1. The van der Waals surface area contributed by atoms with Gasteiger partial charge in [-0.1, -0.05) is 0 Å². The second kappa shape index (κ2) is 9.21. The maximum absolute atomic E-state index is 13.1. The molecule has 0 aliphatic carbocycles. The summed E-state index contributed by atoms with van der Waals surface area (Å²) in [6.45, 7) is 7.14. The molecule has 31 heavy (non-hydrogen) atoms. The minimum Gasteiger partial charge on any atom is -0.465 e. The van der Waals surface area contributed by atoms with Crippen molar-refractivity contribution in [1.29, 1.82) is 0 Å². The number of piperazine rings is 1. The monoisotopic (exact) mass is 435 g/mol. The van der Waals surface area contributed by atoms with Crippen LogP contribution in [0, 0.1) is 11.7 Å². The van der Waals surface area contributed by atoms with Gasteiger partial charge in [0.2, 0.25) is 0 Å². The van der Waals surface area contributed by atoms with Crippen LogP contribution in [0.3, 0.4) is 0 Å². The minimum atomic E-state index is -1.03. The number of hydrogen-bond donors (Lipinski definition) is 1. The Morgan fingerprint density at radius 2 is 1.65 bits per heavy atom. The number of carbonyl (C=O) groups is 3. The topological polar surface area (TPSA) is 90.4 Å². The van der Waals surface area contributed by atoms with E-state index in [2.05, 4.69) is 0 Å². The van der Waals surface area contributed by atoms with Gasteiger partial charge < -0.3 is 14.7 Å². The molecule has 1 atom stereocenters. The number of ketones is 1. The van der Waals surface area contributed by atoms with Crippen LogP contribution in [-0.4, -0.2) is 82.3 Å². The largest absolute Gasteiger partial charge is 0.465 e. The summed E-state index contributed by atoms with van der Waals surface area (Å²) in [6.07, 6.45) is -0.818. The highest BCUT2D eigenvalue weighted by molar-refractivity contribution is 5.97. The van der Waals surface area contributed by atoms with Gasteiger partial charge in [0.1, 0.15) is 17.6 Å². The Kier molecular flexibility index (Phi) is 6.83. The molecule has 1 aromatic rings. The van der Waals surface area contributed by atoms with E-state index in [0.717, 1.165) is 0 Å². The standard InChI is InChI=1S/C22H30FN3O5/c1-22(2,3)31-21(30)25-12-13-26(20(28)29)18(14-25)24-10-8-16(9-11-24)19(27)15-4-6-17(23)7-5-15/h4-7,16,18H,8-14H2,1-3H3,(H,28,29). The van der Waals surface area contributed by atoms with Crippen LogP contribution in [0.5, 0.6) is 0 Å². The number of carbonyl (C=O) groups excluding carboxylic acids is 2. The number of benzene rings is 1. The summed E-state index contributed by atoms with van der Waals surface area (Å²) in [4.78, 5) is 41.9. The summed E-state index contributed by atoms with van der Waals surface area (Å²) in [5.41, 5.74) is -0.143. The molecule has 0 bridgehead atoms. The molecule has 0 saturated carbocycles. The quantitative estimate of drug-likeness (QED) is 0.733. The maximum atomic E-state index is 13.1. The number of ether oxygens (including phenoxy) is 1. The van der Waals surface area contributed by atoms with Crippen LogP contribution in [0.2, 0.25) is 0 Å². The smallest absolute Gasteiger partial charge is 0.410 e. The molecule has 3 rings (SSSR count). The van der Waals surface area contributed by atoms with E-state index in [1.54, 1.807) is 25.7 Å². The van der Waals surface area contributed by atoms with Crippen molar-refractivity contribution >= 4 is 18.0 Å². The van der Waals surface area contributed by atoms with Gasteiger partial charge in [-0.3, -0.25) is 14.6 Å². The van der Waals surface area contributed by atoms with E-state index in [9.17, 15) is 23.9 Å². The summed E-state index contributed by atoms with van der Waals surface area (Å²) < 4.78 is 18.6. The van der Waals surface area contributed by atoms with Gasteiger partial charge in [-0.25, -0.2) is 14.0 Å². The SMILES string of the molecule is CC(C)(C)OC(=O)N1CCN(C(=O)O)C(N2CCC(C(=O)c3ccc(F)cc3)CC2)C1. The van der Waals surface area contributed by atoms with E-state index in [1.165, 1.54) is 29.2 Å². The van der Waals surface area contributed by atoms with Gasteiger partial charge in [0, 0.05) is 37.7 Å². The Hall–Kier alpha value is -2.68. The van der Waals surface area contributed by atoms with E-state index < -0.39 is 24.0 Å². The first-order valence-electron chi connectivity index (χ1n) is 10.6. The molecule has 0 aromatic heterocycles. The number of amides is 2. The summed E-state index contributed by atoms with van der Waals surface area (Å²) in [7, 11) is 0. The lowest BCUT2D eigenvalue weighted by atomic mass is 9.88. The van der Waals surface area contributed by atoms with Crippen molar-refractivity contribution in [1.82, 2.24) is 14.7 Å². The lowest BCUT2D eigenvalue weighted by Crippen LogP contribution is -2.63. The lowest BCUT2D eigenvalue weighted by molar-refractivity contribution is -0.0362. The number of hydrogen-bond acceptors (Lipinski definition) is 5. The number of piperidine rings is 1. The van der Waals surface area contributed by atoms with Crippen molar-refractivity contribution in [3.05, 3.63) is 35.6 Å². The van der Waals surface area contributed by atoms with Crippen LogP contribution in [-0.2, 0) is 4.74 Å². The minimum absolute atomic E-state index is 0.0197. The average Bonchev–Trinajstić information content (AvgIpc) is 2.72. The average molecular weight is 435 g/mol. The fourth-order valence-corrected chi connectivity index (χ4v) is 4.10. The van der Waals surface area contributed by atoms with Crippen LogP contribution in [0.4, 0.5) is 14.0 Å². The molecule has 0 spiro atoms. The molecule has 2 aliphatic heterocycles. The number of Topliss-reactive ketones (excluding diaryl/α,β-unsaturated/α-hetero) is 1. The third-order valence-electron chi connectivity index (χ3n) is 5.70. The molecule has 9 heteroatoms. The van der Waals surface area contributed by atoms with E-state index in [-0.39, 0.29) is 37.2 Å². The molecule has 8 nitrogen and oxygen atoms in total.